The molecular formula is C12H10BrFN2O. The molecule has 0 spiro atoms. The zero-order valence-corrected chi connectivity index (χ0v) is 10.7. The lowest BCUT2D eigenvalue weighted by Crippen LogP contribution is -1.94. The molecule has 0 radical (unpaired) electrons. The molecule has 0 bridgehead atoms. The fraction of sp³-hybridized carbons (Fsp3) is 0.0833. The summed E-state index contributed by atoms with van der Waals surface area (Å²) >= 11 is 3.30. The molecule has 0 saturated carbocycles. The standard InChI is InChI=1S/C12H10BrFN2O/c1-7-4-8(14)2-3-11(7)17-12-10(13)5-9(15)6-16-12/h2-6H,15H2,1H3. The van der Waals surface area contributed by atoms with E-state index in [-0.39, 0.29) is 5.82 Å². The van der Waals surface area contributed by atoms with E-state index in [9.17, 15) is 4.39 Å². The quantitative estimate of drug-likeness (QED) is 0.920. The number of benzene rings is 1. The second kappa shape index (κ2) is 4.71. The van der Waals surface area contributed by atoms with E-state index in [1.54, 1.807) is 19.1 Å². The van der Waals surface area contributed by atoms with E-state index in [1.165, 1.54) is 18.3 Å². The van der Waals surface area contributed by atoms with E-state index < -0.39 is 0 Å². The number of hydrogen-bond donors (Lipinski definition) is 1. The van der Waals surface area contributed by atoms with Gasteiger partial charge in [-0.15, -0.1) is 0 Å². The van der Waals surface area contributed by atoms with Crippen LogP contribution in [0.1, 0.15) is 5.56 Å². The fourth-order valence-corrected chi connectivity index (χ4v) is 1.79. The van der Waals surface area contributed by atoms with Crippen LogP contribution in [0.25, 0.3) is 0 Å². The SMILES string of the molecule is Cc1cc(F)ccc1Oc1ncc(N)cc1Br. The normalized spacial score (nSPS) is 10.3. The summed E-state index contributed by atoms with van der Waals surface area (Å²) in [6.07, 6.45) is 1.50. The first kappa shape index (κ1) is 11.9. The highest BCUT2D eigenvalue weighted by Crippen LogP contribution is 2.30. The second-order valence-electron chi connectivity index (χ2n) is 3.57. The minimum Gasteiger partial charge on any atom is -0.438 e. The first-order valence-electron chi connectivity index (χ1n) is 4.91. The summed E-state index contributed by atoms with van der Waals surface area (Å²) in [6, 6.07) is 6.00. The molecule has 1 aromatic heterocycles. The fourth-order valence-electron chi connectivity index (χ4n) is 1.35. The highest BCUT2D eigenvalue weighted by Gasteiger charge is 2.07. The van der Waals surface area contributed by atoms with E-state index in [4.69, 9.17) is 10.5 Å². The molecule has 17 heavy (non-hydrogen) atoms. The van der Waals surface area contributed by atoms with Crippen molar-refractivity contribution in [3.63, 3.8) is 0 Å². The Morgan fingerprint density at radius 2 is 2.12 bits per heavy atom. The average Bonchev–Trinajstić information content (AvgIpc) is 2.25. The van der Waals surface area contributed by atoms with Crippen LogP contribution in [0.15, 0.2) is 34.9 Å². The van der Waals surface area contributed by atoms with Gasteiger partial charge in [0.15, 0.2) is 0 Å². The Labute approximate surface area is 107 Å². The highest BCUT2D eigenvalue weighted by atomic mass is 79.9. The lowest BCUT2D eigenvalue weighted by Gasteiger charge is -2.09. The number of anilines is 1. The van der Waals surface area contributed by atoms with Crippen molar-refractivity contribution in [2.45, 2.75) is 6.92 Å². The Kier molecular flexibility index (Phi) is 3.28. The van der Waals surface area contributed by atoms with E-state index >= 15 is 0 Å². The molecule has 88 valence electrons. The Morgan fingerprint density at radius 1 is 1.35 bits per heavy atom. The van der Waals surface area contributed by atoms with Gasteiger partial charge >= 0.3 is 0 Å². The number of nitrogens with zero attached hydrogens (tertiary/aromatic N) is 1. The van der Waals surface area contributed by atoms with Crippen LogP contribution in [0.2, 0.25) is 0 Å². The summed E-state index contributed by atoms with van der Waals surface area (Å²) in [5.74, 6) is 0.664. The van der Waals surface area contributed by atoms with Gasteiger partial charge in [-0.25, -0.2) is 9.37 Å². The van der Waals surface area contributed by atoms with Crippen molar-refractivity contribution in [3.8, 4) is 11.6 Å². The van der Waals surface area contributed by atoms with Gasteiger partial charge < -0.3 is 10.5 Å². The minimum atomic E-state index is -0.292. The van der Waals surface area contributed by atoms with E-state index in [0.29, 0.717) is 27.4 Å². The maximum absolute atomic E-state index is 12.9. The van der Waals surface area contributed by atoms with Gasteiger partial charge in [0, 0.05) is 0 Å². The summed E-state index contributed by atoms with van der Waals surface area (Å²) in [5, 5.41) is 0. The molecule has 0 aliphatic carbocycles. The van der Waals surface area contributed by atoms with Gasteiger partial charge in [-0.1, -0.05) is 0 Å². The largest absolute Gasteiger partial charge is 0.438 e. The van der Waals surface area contributed by atoms with Gasteiger partial charge in [0.25, 0.3) is 0 Å². The smallest absolute Gasteiger partial charge is 0.233 e. The summed E-state index contributed by atoms with van der Waals surface area (Å²) in [7, 11) is 0. The zero-order chi connectivity index (χ0) is 12.4. The van der Waals surface area contributed by atoms with Gasteiger partial charge in [-0.2, -0.15) is 0 Å². The van der Waals surface area contributed by atoms with Crippen molar-refractivity contribution in [1.29, 1.82) is 0 Å². The topological polar surface area (TPSA) is 48.1 Å². The maximum atomic E-state index is 12.9. The molecule has 2 aromatic rings. The van der Waals surface area contributed by atoms with E-state index in [2.05, 4.69) is 20.9 Å². The predicted octanol–water partition coefficient (Wildman–Crippen LogP) is 3.67. The van der Waals surface area contributed by atoms with Gasteiger partial charge in [-0.05, 0) is 52.7 Å². The van der Waals surface area contributed by atoms with Crippen LogP contribution in [-0.2, 0) is 0 Å². The number of aryl methyl sites for hydroxylation is 1. The summed E-state index contributed by atoms with van der Waals surface area (Å²) < 4.78 is 19.1. The third-order valence-corrected chi connectivity index (χ3v) is 2.74. The first-order valence-corrected chi connectivity index (χ1v) is 5.70. The van der Waals surface area contributed by atoms with Crippen molar-refractivity contribution in [1.82, 2.24) is 4.98 Å². The summed E-state index contributed by atoms with van der Waals surface area (Å²) in [5.41, 5.74) is 6.82. The monoisotopic (exact) mass is 296 g/mol. The number of pyridine rings is 1. The van der Waals surface area contributed by atoms with Crippen LogP contribution in [0.3, 0.4) is 0 Å². The molecule has 3 nitrogen and oxygen atoms in total. The minimum absolute atomic E-state index is 0.292. The highest BCUT2D eigenvalue weighted by molar-refractivity contribution is 9.10. The molecule has 2 rings (SSSR count). The number of nitrogens with two attached hydrogens (primary N) is 1. The number of hydrogen-bond acceptors (Lipinski definition) is 3. The van der Waals surface area contributed by atoms with Crippen molar-refractivity contribution in [3.05, 3.63) is 46.3 Å². The molecule has 2 N–H and O–H groups in total. The number of aromatic nitrogens is 1. The Hall–Kier alpha value is -1.62. The molecule has 1 aromatic carbocycles. The molecule has 0 fully saturated rings. The Balaban J connectivity index is 2.31. The van der Waals surface area contributed by atoms with Crippen LogP contribution in [0.4, 0.5) is 10.1 Å². The van der Waals surface area contributed by atoms with Crippen molar-refractivity contribution in [2.24, 2.45) is 0 Å². The van der Waals surface area contributed by atoms with Crippen LogP contribution in [-0.4, -0.2) is 4.98 Å². The molecule has 5 heteroatoms. The van der Waals surface area contributed by atoms with E-state index in [0.717, 1.165) is 0 Å². The van der Waals surface area contributed by atoms with Gasteiger partial charge in [-0.3, -0.25) is 0 Å². The van der Waals surface area contributed by atoms with Gasteiger partial charge in [0.2, 0.25) is 5.88 Å². The molecule has 0 unspecified atom stereocenters. The third kappa shape index (κ3) is 2.74. The molecule has 0 aliphatic rings. The van der Waals surface area contributed by atoms with Crippen LogP contribution in [0.5, 0.6) is 11.6 Å². The molecule has 0 saturated heterocycles. The van der Waals surface area contributed by atoms with Crippen molar-refractivity contribution >= 4 is 21.6 Å². The summed E-state index contributed by atoms with van der Waals surface area (Å²) in [4.78, 5) is 4.05. The number of nitrogen functional groups attached to an aromatic ring is 1. The number of halogens is 2. The van der Waals surface area contributed by atoms with Crippen molar-refractivity contribution in [2.75, 3.05) is 5.73 Å². The number of ether oxygens (including phenoxy) is 1. The molecule has 0 atom stereocenters. The zero-order valence-electron chi connectivity index (χ0n) is 9.08. The second-order valence-corrected chi connectivity index (χ2v) is 4.42. The van der Waals surface area contributed by atoms with Gasteiger partial charge in [0.1, 0.15) is 11.6 Å². The first-order chi connectivity index (χ1) is 8.06. The Morgan fingerprint density at radius 3 is 2.76 bits per heavy atom. The number of rotatable bonds is 2. The molecule has 1 heterocycles. The summed E-state index contributed by atoms with van der Waals surface area (Å²) in [6.45, 7) is 1.77. The lowest BCUT2D eigenvalue weighted by molar-refractivity contribution is 0.454. The molecule has 0 aliphatic heterocycles. The van der Waals surface area contributed by atoms with Crippen LogP contribution in [0, 0.1) is 12.7 Å². The van der Waals surface area contributed by atoms with E-state index in [1.807, 2.05) is 0 Å². The van der Waals surface area contributed by atoms with Crippen molar-refractivity contribution < 1.29 is 9.13 Å². The lowest BCUT2D eigenvalue weighted by atomic mass is 10.2. The molecule has 0 amide bonds. The average molecular weight is 297 g/mol. The van der Waals surface area contributed by atoms with Crippen LogP contribution >= 0.6 is 15.9 Å². The van der Waals surface area contributed by atoms with Gasteiger partial charge in [0.05, 0.1) is 16.4 Å². The molecular weight excluding hydrogens is 287 g/mol. The maximum Gasteiger partial charge on any atom is 0.233 e. The van der Waals surface area contributed by atoms with Crippen LogP contribution < -0.4 is 10.5 Å². The third-order valence-electron chi connectivity index (χ3n) is 2.17. The Bertz CT molecular complexity index is 511. The predicted molar refractivity (Wildman–Crippen MR) is 67.6 cm³/mol.